The second-order valence-corrected chi connectivity index (χ2v) is 9.59. The van der Waals surface area contributed by atoms with Crippen molar-refractivity contribution in [2.45, 2.75) is 57.0 Å². The quantitative estimate of drug-likeness (QED) is 0.446. The van der Waals surface area contributed by atoms with E-state index in [1.807, 2.05) is 29.6 Å². The van der Waals surface area contributed by atoms with E-state index < -0.39 is 0 Å². The topological polar surface area (TPSA) is 58.2 Å². The van der Waals surface area contributed by atoms with Gasteiger partial charge in [0.05, 0.1) is 6.04 Å². The molecule has 1 aromatic heterocycles. The first kappa shape index (κ1) is 22.3. The van der Waals surface area contributed by atoms with Crippen LogP contribution in [0.2, 0.25) is 0 Å². The second-order valence-electron chi connectivity index (χ2n) is 8.61. The van der Waals surface area contributed by atoms with Gasteiger partial charge in [0.15, 0.2) is 0 Å². The van der Waals surface area contributed by atoms with Crippen molar-refractivity contribution in [3.63, 3.8) is 0 Å². The van der Waals surface area contributed by atoms with Crippen LogP contribution in [0.4, 0.5) is 0 Å². The first-order chi connectivity index (χ1) is 15.6. The maximum atomic E-state index is 12.7. The Balaban J connectivity index is 1.40. The van der Waals surface area contributed by atoms with Gasteiger partial charge >= 0.3 is 0 Å². The fourth-order valence-corrected chi connectivity index (χ4v) is 5.36. The summed E-state index contributed by atoms with van der Waals surface area (Å²) in [5.74, 6) is 0.126. The van der Waals surface area contributed by atoms with E-state index in [0.717, 1.165) is 19.3 Å². The minimum absolute atomic E-state index is 0.0465. The maximum absolute atomic E-state index is 12.7. The van der Waals surface area contributed by atoms with Gasteiger partial charge in [-0.15, -0.1) is 11.3 Å². The first-order valence-corrected chi connectivity index (χ1v) is 12.2. The molecule has 1 saturated heterocycles. The van der Waals surface area contributed by atoms with Gasteiger partial charge in [0.2, 0.25) is 11.8 Å². The third kappa shape index (κ3) is 5.46. The lowest BCUT2D eigenvalue weighted by Gasteiger charge is -2.30. The molecule has 1 aliphatic rings. The molecule has 1 fully saturated rings. The summed E-state index contributed by atoms with van der Waals surface area (Å²) >= 11 is 1.67. The number of nitrogens with one attached hydrogen (secondary N) is 2. The summed E-state index contributed by atoms with van der Waals surface area (Å²) < 4.78 is 0. The zero-order chi connectivity index (χ0) is 22.4. The average Bonchev–Trinajstić information content (AvgIpc) is 3.48. The summed E-state index contributed by atoms with van der Waals surface area (Å²) in [6, 6.07) is 23.0. The molecule has 0 unspecified atom stereocenters. The summed E-state index contributed by atoms with van der Waals surface area (Å²) in [5.41, 5.74) is 3.19. The lowest BCUT2D eigenvalue weighted by atomic mass is 9.84. The third-order valence-corrected chi connectivity index (χ3v) is 7.29. The molecular weight excluding hydrogens is 416 g/mol. The Morgan fingerprint density at radius 1 is 1.06 bits per heavy atom. The zero-order valence-corrected chi connectivity index (χ0v) is 19.3. The average molecular weight is 447 g/mol. The fourth-order valence-electron chi connectivity index (χ4n) is 4.50. The van der Waals surface area contributed by atoms with Crippen LogP contribution < -0.4 is 10.6 Å². The molecule has 2 aromatic carbocycles. The van der Waals surface area contributed by atoms with Crippen LogP contribution in [0, 0.1) is 0 Å². The normalized spacial score (nSPS) is 18.8. The van der Waals surface area contributed by atoms with E-state index in [-0.39, 0.29) is 23.4 Å². The van der Waals surface area contributed by atoms with Crippen molar-refractivity contribution in [2.75, 3.05) is 0 Å². The Bertz CT molecular complexity index is 1030. The number of hydrogen-bond acceptors (Lipinski definition) is 3. The van der Waals surface area contributed by atoms with Crippen molar-refractivity contribution in [3.8, 4) is 11.1 Å². The lowest BCUT2D eigenvalue weighted by molar-refractivity contribution is -0.123. The van der Waals surface area contributed by atoms with Gasteiger partial charge in [-0.3, -0.25) is 9.59 Å². The van der Waals surface area contributed by atoms with Crippen molar-refractivity contribution in [3.05, 3.63) is 82.6 Å². The highest BCUT2D eigenvalue weighted by Crippen LogP contribution is 2.31. The van der Waals surface area contributed by atoms with Crippen molar-refractivity contribution >= 4 is 23.2 Å². The molecule has 0 aliphatic carbocycles. The molecule has 0 radical (unpaired) electrons. The monoisotopic (exact) mass is 446 g/mol. The molecule has 4 rings (SSSR count). The Morgan fingerprint density at radius 2 is 1.81 bits per heavy atom. The molecule has 2 N–H and O–H groups in total. The molecule has 0 saturated carbocycles. The van der Waals surface area contributed by atoms with Gasteiger partial charge in [0, 0.05) is 23.3 Å². The van der Waals surface area contributed by atoms with E-state index in [0.29, 0.717) is 19.3 Å². The molecule has 3 aromatic rings. The van der Waals surface area contributed by atoms with Crippen LogP contribution in [0.15, 0.2) is 72.1 Å². The molecule has 2 amide bonds. The molecule has 166 valence electrons. The van der Waals surface area contributed by atoms with Crippen LogP contribution >= 0.6 is 11.3 Å². The predicted molar refractivity (Wildman–Crippen MR) is 130 cm³/mol. The van der Waals surface area contributed by atoms with Crippen molar-refractivity contribution in [1.29, 1.82) is 0 Å². The Morgan fingerprint density at radius 3 is 2.44 bits per heavy atom. The highest BCUT2D eigenvalue weighted by atomic mass is 32.1. The third-order valence-electron chi connectivity index (χ3n) is 6.30. The van der Waals surface area contributed by atoms with Gasteiger partial charge < -0.3 is 10.6 Å². The van der Waals surface area contributed by atoms with E-state index >= 15 is 0 Å². The van der Waals surface area contributed by atoms with Gasteiger partial charge in [-0.05, 0) is 53.8 Å². The summed E-state index contributed by atoms with van der Waals surface area (Å²) in [6.45, 7) is 2.09. The van der Waals surface area contributed by atoms with E-state index in [9.17, 15) is 9.59 Å². The number of benzene rings is 2. The van der Waals surface area contributed by atoms with Crippen LogP contribution in [0.25, 0.3) is 11.1 Å². The number of amides is 2. The molecule has 0 bridgehead atoms. The predicted octanol–water partition coefficient (Wildman–Crippen LogP) is 5.65. The van der Waals surface area contributed by atoms with Gasteiger partial charge in [-0.1, -0.05) is 67.6 Å². The van der Waals surface area contributed by atoms with Gasteiger partial charge in [0.25, 0.3) is 0 Å². The van der Waals surface area contributed by atoms with E-state index in [1.54, 1.807) is 11.3 Å². The minimum atomic E-state index is -0.354. The SMILES string of the molecule is CC[C@@H](NC(=O)CC[C@]1(Cc2ccc(-c3ccccc3)cc2)CCC(=O)N1)c1cccs1. The summed E-state index contributed by atoms with van der Waals surface area (Å²) in [6.07, 6.45) is 3.94. The Kier molecular flexibility index (Phi) is 7.05. The highest BCUT2D eigenvalue weighted by molar-refractivity contribution is 7.10. The number of rotatable bonds is 9. The maximum Gasteiger partial charge on any atom is 0.220 e. The van der Waals surface area contributed by atoms with E-state index in [1.165, 1.54) is 21.6 Å². The summed E-state index contributed by atoms with van der Waals surface area (Å²) in [5, 5.41) is 8.40. The number of carbonyl (C=O) groups excluding carboxylic acids is 2. The number of hydrogen-bond donors (Lipinski definition) is 2. The number of thiophene rings is 1. The standard InChI is InChI=1S/C27H30N2O2S/c1-2-23(24-9-6-18-32-24)28-25(30)14-16-27(17-15-26(31)29-27)19-20-10-12-22(13-11-20)21-7-4-3-5-8-21/h3-13,18,23H,2,14-17,19H2,1H3,(H,28,30)(H,29,31)/t23-,27-/m1/s1. The van der Waals surface area contributed by atoms with Crippen LogP contribution in [0.5, 0.6) is 0 Å². The smallest absolute Gasteiger partial charge is 0.220 e. The molecule has 5 heteroatoms. The van der Waals surface area contributed by atoms with Crippen LogP contribution in [0.1, 0.15) is 55.5 Å². The summed E-state index contributed by atoms with van der Waals surface area (Å²) in [4.78, 5) is 26.0. The Labute approximate surface area is 194 Å². The molecule has 2 atom stereocenters. The van der Waals surface area contributed by atoms with Crippen LogP contribution in [0.3, 0.4) is 0 Å². The molecular formula is C27H30N2O2S. The fraction of sp³-hybridized carbons (Fsp3) is 0.333. The molecule has 2 heterocycles. The molecule has 1 aliphatic heterocycles. The van der Waals surface area contributed by atoms with Crippen LogP contribution in [-0.2, 0) is 16.0 Å². The van der Waals surface area contributed by atoms with Gasteiger partial charge in [0.1, 0.15) is 0 Å². The van der Waals surface area contributed by atoms with Gasteiger partial charge in [-0.25, -0.2) is 0 Å². The zero-order valence-electron chi connectivity index (χ0n) is 18.5. The van der Waals surface area contributed by atoms with Crippen molar-refractivity contribution in [2.24, 2.45) is 0 Å². The number of carbonyl (C=O) groups is 2. The highest BCUT2D eigenvalue weighted by Gasteiger charge is 2.38. The Hall–Kier alpha value is -2.92. The molecule has 4 nitrogen and oxygen atoms in total. The van der Waals surface area contributed by atoms with Crippen molar-refractivity contribution in [1.82, 2.24) is 10.6 Å². The second kappa shape index (κ2) is 10.1. The van der Waals surface area contributed by atoms with E-state index in [4.69, 9.17) is 0 Å². The van der Waals surface area contributed by atoms with Gasteiger partial charge in [-0.2, -0.15) is 0 Å². The molecule has 32 heavy (non-hydrogen) atoms. The largest absolute Gasteiger partial charge is 0.350 e. The van der Waals surface area contributed by atoms with E-state index in [2.05, 4.69) is 60.0 Å². The minimum Gasteiger partial charge on any atom is -0.350 e. The first-order valence-electron chi connectivity index (χ1n) is 11.3. The van der Waals surface area contributed by atoms with Crippen LogP contribution in [-0.4, -0.2) is 17.4 Å². The molecule has 0 spiro atoms. The summed E-state index contributed by atoms with van der Waals surface area (Å²) in [7, 11) is 0. The lowest BCUT2D eigenvalue weighted by Crippen LogP contribution is -2.44. The van der Waals surface area contributed by atoms with Crippen molar-refractivity contribution < 1.29 is 9.59 Å².